The van der Waals surface area contributed by atoms with Crippen LogP contribution in [0.1, 0.15) is 50.7 Å². The zero-order valence-electron chi connectivity index (χ0n) is 40.1. The summed E-state index contributed by atoms with van der Waals surface area (Å²) in [5.41, 5.74) is 22.2. The molecular weight excluding hydrogens is 845 g/mol. The van der Waals surface area contributed by atoms with Gasteiger partial charge in [-0.05, 0) is 141 Å². The lowest BCUT2D eigenvalue weighted by Crippen LogP contribution is -1.97. The summed E-state index contributed by atoms with van der Waals surface area (Å²) >= 11 is 0. The molecule has 2 heterocycles. The maximum absolute atomic E-state index is 2.46. The molecule has 2 nitrogen and oxygen atoms in total. The fourth-order valence-electron chi connectivity index (χ4n) is 10.9. The number of aromatic nitrogens is 2. The molecule has 70 heavy (non-hydrogen) atoms. The van der Waals surface area contributed by atoms with Crippen molar-refractivity contribution in [2.24, 2.45) is 0 Å². The van der Waals surface area contributed by atoms with Gasteiger partial charge >= 0.3 is 0 Å². The van der Waals surface area contributed by atoms with Crippen LogP contribution in [0.3, 0.4) is 0 Å². The van der Waals surface area contributed by atoms with Crippen molar-refractivity contribution in [3.05, 3.63) is 242 Å². The van der Waals surface area contributed by atoms with E-state index in [1.807, 2.05) is 0 Å². The average molecular weight is 901 g/mol. The molecule has 338 valence electrons. The smallest absolute Gasteiger partial charge is 0.0541 e. The highest BCUT2D eigenvalue weighted by molar-refractivity contribution is 6.13. The van der Waals surface area contributed by atoms with E-state index in [0.29, 0.717) is 0 Å². The maximum atomic E-state index is 2.46. The van der Waals surface area contributed by atoms with Crippen LogP contribution < -0.4 is 0 Å². The molecule has 0 N–H and O–H groups in total. The van der Waals surface area contributed by atoms with Gasteiger partial charge in [-0.25, -0.2) is 0 Å². The first-order chi connectivity index (χ1) is 34.6. The lowest BCUT2D eigenvalue weighted by Gasteiger charge is -2.15. The molecular formula is C68H56N2. The van der Waals surface area contributed by atoms with Gasteiger partial charge in [-0.3, -0.25) is 0 Å². The lowest BCUT2D eigenvalue weighted by atomic mass is 9.97. The van der Waals surface area contributed by atoms with Gasteiger partial charge in [0.1, 0.15) is 0 Å². The number of aryl methyl sites for hydroxylation is 2. The minimum absolute atomic E-state index is 1.12. The zero-order valence-corrected chi connectivity index (χ0v) is 40.1. The molecule has 0 amide bonds. The highest BCUT2D eigenvalue weighted by Gasteiger charge is 2.18. The summed E-state index contributed by atoms with van der Waals surface area (Å²) in [7, 11) is 0. The van der Waals surface area contributed by atoms with Crippen LogP contribution in [0, 0.1) is 0 Å². The van der Waals surface area contributed by atoms with Crippen molar-refractivity contribution in [1.29, 1.82) is 0 Å². The second-order valence-corrected chi connectivity index (χ2v) is 19.0. The highest BCUT2D eigenvalue weighted by atomic mass is 15.0. The van der Waals surface area contributed by atoms with E-state index in [1.54, 1.807) is 0 Å². The summed E-state index contributed by atoms with van der Waals surface area (Å²) in [6.45, 7) is 4.52. The summed E-state index contributed by atoms with van der Waals surface area (Å²) in [4.78, 5) is 0. The van der Waals surface area contributed by atoms with Crippen LogP contribution in [-0.2, 0) is 12.8 Å². The van der Waals surface area contributed by atoms with Crippen molar-refractivity contribution in [1.82, 2.24) is 9.13 Å². The normalized spacial score (nSPS) is 11.6. The van der Waals surface area contributed by atoms with Gasteiger partial charge in [0.15, 0.2) is 0 Å². The minimum Gasteiger partial charge on any atom is -0.309 e. The quantitative estimate of drug-likeness (QED) is 0.109. The summed E-state index contributed by atoms with van der Waals surface area (Å²) in [6.07, 6.45) is 7.11. The second kappa shape index (κ2) is 18.7. The number of hydrogen-bond acceptors (Lipinski definition) is 0. The van der Waals surface area contributed by atoms with Gasteiger partial charge in [-0.2, -0.15) is 0 Å². The summed E-state index contributed by atoms with van der Waals surface area (Å²) in [5, 5.41) is 4.99. The standard InChI is InChI=1S/C68H56N2/c1-3-5-16-47-18-13-20-53(42-47)49-30-32-51(33-31-49)55-22-15-23-58(44-55)69-65-28-11-8-25-60(65)62-45-56(38-40-67(62)69)57-39-41-68-63(46-57)61-26-9-12-29-66(61)70(68)64-27-10-7-24-59(64)52-36-34-50(35-37-52)54-21-14-19-48(43-54)17-6-4-2/h7-15,18-46H,3-6,16-17H2,1-2H3. The van der Waals surface area contributed by atoms with Crippen LogP contribution in [0.2, 0.25) is 0 Å². The molecule has 0 atom stereocenters. The van der Waals surface area contributed by atoms with Crippen LogP contribution in [0.15, 0.2) is 231 Å². The van der Waals surface area contributed by atoms with Crippen LogP contribution in [-0.4, -0.2) is 9.13 Å². The molecule has 0 aliphatic rings. The van der Waals surface area contributed by atoms with Gasteiger partial charge < -0.3 is 9.13 Å². The number of fused-ring (bicyclic) bond motifs is 6. The molecule has 2 heteroatoms. The molecule has 0 radical (unpaired) electrons. The number of unbranched alkanes of at least 4 members (excludes halogenated alkanes) is 2. The number of rotatable bonds is 13. The van der Waals surface area contributed by atoms with Crippen LogP contribution in [0.25, 0.3) is 111 Å². The van der Waals surface area contributed by atoms with Gasteiger partial charge in [-0.1, -0.05) is 203 Å². The van der Waals surface area contributed by atoms with Crippen molar-refractivity contribution in [3.63, 3.8) is 0 Å². The first kappa shape index (κ1) is 43.1. The Morgan fingerprint density at radius 1 is 0.286 bits per heavy atom. The Morgan fingerprint density at radius 3 is 1.26 bits per heavy atom. The van der Waals surface area contributed by atoms with Gasteiger partial charge in [-0.15, -0.1) is 0 Å². The second-order valence-electron chi connectivity index (χ2n) is 19.0. The number of benzene rings is 10. The molecule has 2 aromatic heterocycles. The first-order valence-electron chi connectivity index (χ1n) is 25.3. The van der Waals surface area contributed by atoms with Gasteiger partial charge in [0, 0.05) is 32.8 Å². The Hall–Kier alpha value is -8.20. The Morgan fingerprint density at radius 2 is 0.700 bits per heavy atom. The SMILES string of the molecule is CCCCc1cccc(-c2ccc(-c3cccc(-n4c5ccccc5c5cc(-c6ccc7c(c6)c6ccccc6n7-c6ccccc6-c6ccc(-c7cccc(CCCC)c7)cc6)ccc54)c3)cc2)c1. The van der Waals surface area contributed by atoms with E-state index in [-0.39, 0.29) is 0 Å². The van der Waals surface area contributed by atoms with Crippen molar-refractivity contribution in [2.45, 2.75) is 52.4 Å². The average Bonchev–Trinajstić information content (AvgIpc) is 3.94. The van der Waals surface area contributed by atoms with Crippen LogP contribution in [0.5, 0.6) is 0 Å². The van der Waals surface area contributed by atoms with Crippen molar-refractivity contribution in [3.8, 4) is 67.0 Å². The third-order valence-electron chi connectivity index (χ3n) is 14.5. The molecule has 0 aliphatic heterocycles. The van der Waals surface area contributed by atoms with E-state index >= 15 is 0 Å². The van der Waals surface area contributed by atoms with E-state index < -0.39 is 0 Å². The largest absolute Gasteiger partial charge is 0.309 e. The Kier molecular flexibility index (Phi) is 11.5. The Bertz CT molecular complexity index is 3840. The summed E-state index contributed by atoms with van der Waals surface area (Å²) in [6, 6.07) is 85.9. The molecule has 0 aliphatic carbocycles. The van der Waals surface area contributed by atoms with E-state index in [9.17, 15) is 0 Å². The third kappa shape index (κ3) is 8.00. The molecule has 0 bridgehead atoms. The third-order valence-corrected chi connectivity index (χ3v) is 14.5. The Balaban J connectivity index is 0.888. The first-order valence-corrected chi connectivity index (χ1v) is 25.3. The van der Waals surface area contributed by atoms with E-state index in [4.69, 9.17) is 0 Å². The van der Waals surface area contributed by atoms with E-state index in [1.165, 1.54) is 142 Å². The molecule has 0 saturated carbocycles. The lowest BCUT2D eigenvalue weighted by molar-refractivity contribution is 0.795. The molecule has 10 aromatic carbocycles. The fourth-order valence-corrected chi connectivity index (χ4v) is 10.9. The van der Waals surface area contributed by atoms with Crippen molar-refractivity contribution >= 4 is 43.6 Å². The summed E-state index contributed by atoms with van der Waals surface area (Å²) in [5.74, 6) is 0. The Labute approximate surface area is 411 Å². The molecule has 0 unspecified atom stereocenters. The predicted molar refractivity (Wildman–Crippen MR) is 300 cm³/mol. The summed E-state index contributed by atoms with van der Waals surface area (Å²) < 4.78 is 4.89. The monoisotopic (exact) mass is 900 g/mol. The minimum atomic E-state index is 1.12. The topological polar surface area (TPSA) is 9.86 Å². The number of nitrogens with zero attached hydrogens (tertiary/aromatic N) is 2. The predicted octanol–water partition coefficient (Wildman–Crippen LogP) is 18.9. The number of hydrogen-bond donors (Lipinski definition) is 0. The van der Waals surface area contributed by atoms with Crippen molar-refractivity contribution < 1.29 is 0 Å². The van der Waals surface area contributed by atoms with Gasteiger partial charge in [0.25, 0.3) is 0 Å². The maximum Gasteiger partial charge on any atom is 0.0541 e. The van der Waals surface area contributed by atoms with Crippen molar-refractivity contribution in [2.75, 3.05) is 0 Å². The molecule has 0 saturated heterocycles. The van der Waals surface area contributed by atoms with Crippen LogP contribution >= 0.6 is 0 Å². The molecule has 12 aromatic rings. The van der Waals surface area contributed by atoms with E-state index in [2.05, 4.69) is 254 Å². The van der Waals surface area contributed by atoms with E-state index in [0.717, 1.165) is 18.5 Å². The zero-order chi connectivity index (χ0) is 47.0. The fraction of sp³-hybridized carbons (Fsp3) is 0.118. The molecule has 12 rings (SSSR count). The molecule has 0 fully saturated rings. The van der Waals surface area contributed by atoms with Crippen LogP contribution in [0.4, 0.5) is 0 Å². The molecule has 0 spiro atoms. The highest BCUT2D eigenvalue weighted by Crippen LogP contribution is 2.41. The van der Waals surface area contributed by atoms with Gasteiger partial charge in [0.05, 0.1) is 27.8 Å². The van der Waals surface area contributed by atoms with Gasteiger partial charge in [0.2, 0.25) is 0 Å². The number of para-hydroxylation sites is 3.